The lowest BCUT2D eigenvalue weighted by Gasteiger charge is -2.37. The Morgan fingerprint density at radius 1 is 1.19 bits per heavy atom. The summed E-state index contributed by atoms with van der Waals surface area (Å²) in [6.07, 6.45) is 10.7. The fourth-order valence-corrected chi connectivity index (χ4v) is 4.83. The number of nitrogens with zero attached hydrogens (tertiary/aromatic N) is 3. The molecule has 0 aromatic heterocycles. The molecule has 3 atom stereocenters. The molecule has 1 saturated carbocycles. The number of hydrogen-bond donors (Lipinski definition) is 1. The van der Waals surface area contributed by atoms with Crippen LogP contribution in [0.4, 0.5) is 5.69 Å². The van der Waals surface area contributed by atoms with E-state index in [0.29, 0.717) is 12.1 Å². The van der Waals surface area contributed by atoms with Crippen molar-refractivity contribution in [3.8, 4) is 5.75 Å². The molecular weight excluding hydrogens is 388 g/mol. The maximum absolute atomic E-state index is 6.58. The first-order chi connectivity index (χ1) is 15.0. The molecule has 1 saturated heterocycles. The van der Waals surface area contributed by atoms with Crippen LogP contribution >= 0.6 is 0 Å². The van der Waals surface area contributed by atoms with Gasteiger partial charge in [0, 0.05) is 68.1 Å². The molecule has 0 spiro atoms. The van der Waals surface area contributed by atoms with Gasteiger partial charge >= 0.3 is 0 Å². The van der Waals surface area contributed by atoms with E-state index in [1.54, 1.807) is 13.3 Å². The third kappa shape index (κ3) is 4.60. The molecule has 6 heteroatoms. The first-order valence-electron chi connectivity index (χ1n) is 11.7. The van der Waals surface area contributed by atoms with E-state index in [0.717, 1.165) is 62.1 Å². The van der Waals surface area contributed by atoms with Gasteiger partial charge in [-0.3, -0.25) is 4.99 Å². The number of allylic oxidation sites excluding steroid dienone is 1. The Kier molecular flexibility index (Phi) is 6.87. The largest absolute Gasteiger partial charge is 0.489 e. The third-order valence-electron chi connectivity index (χ3n) is 7.35. The molecule has 31 heavy (non-hydrogen) atoms. The lowest BCUT2D eigenvalue weighted by atomic mass is 9.91. The summed E-state index contributed by atoms with van der Waals surface area (Å²) in [6, 6.07) is 5.07. The second-order valence-electron chi connectivity index (χ2n) is 9.40. The Bertz CT molecular complexity index is 833. The van der Waals surface area contributed by atoms with Gasteiger partial charge in [-0.1, -0.05) is 0 Å². The molecule has 2 fully saturated rings. The highest BCUT2D eigenvalue weighted by Gasteiger charge is 2.30. The van der Waals surface area contributed by atoms with Crippen LogP contribution in [0.25, 0.3) is 5.57 Å². The highest BCUT2D eigenvalue weighted by Crippen LogP contribution is 2.42. The van der Waals surface area contributed by atoms with E-state index in [1.165, 1.54) is 17.7 Å². The van der Waals surface area contributed by atoms with Gasteiger partial charge in [-0.25, -0.2) is 0 Å². The van der Waals surface area contributed by atoms with E-state index in [2.05, 4.69) is 43.0 Å². The highest BCUT2D eigenvalue weighted by atomic mass is 16.5. The van der Waals surface area contributed by atoms with Crippen molar-refractivity contribution in [2.45, 2.75) is 69.7 Å². The Morgan fingerprint density at radius 2 is 2.00 bits per heavy atom. The number of anilines is 1. The zero-order chi connectivity index (χ0) is 22.0. The van der Waals surface area contributed by atoms with Crippen LogP contribution in [-0.4, -0.2) is 69.7 Å². The third-order valence-corrected chi connectivity index (χ3v) is 7.35. The summed E-state index contributed by atoms with van der Waals surface area (Å²) in [5.74, 6) is 1.01. The van der Waals surface area contributed by atoms with Gasteiger partial charge in [0.05, 0.1) is 18.2 Å². The summed E-state index contributed by atoms with van der Waals surface area (Å²) in [6.45, 7) is 4.22. The van der Waals surface area contributed by atoms with Crippen LogP contribution in [0.1, 0.15) is 50.2 Å². The molecule has 2 heterocycles. The molecule has 3 unspecified atom stereocenters. The molecule has 0 radical (unpaired) electrons. The number of piperidine rings is 1. The van der Waals surface area contributed by atoms with Crippen molar-refractivity contribution in [3.63, 3.8) is 0 Å². The summed E-state index contributed by atoms with van der Waals surface area (Å²) >= 11 is 0. The van der Waals surface area contributed by atoms with Crippen LogP contribution in [0.5, 0.6) is 5.75 Å². The van der Waals surface area contributed by atoms with Crippen LogP contribution in [-0.2, 0) is 11.2 Å². The lowest BCUT2D eigenvalue weighted by Crippen LogP contribution is -2.45. The van der Waals surface area contributed by atoms with Crippen LogP contribution in [0.2, 0.25) is 0 Å². The maximum Gasteiger partial charge on any atom is 0.132 e. The molecular formula is C25H38N4O2. The van der Waals surface area contributed by atoms with Gasteiger partial charge in [0.2, 0.25) is 0 Å². The quantitative estimate of drug-likeness (QED) is 0.706. The standard InChI is InChI=1S/C25H38N4O2/c1-17-8-9-21-23(29(17)3)11-10-20(25(21)31-19-6-5-7-19)18(14-26)15-27-22-12-13-28(2)16-24(22)30-4/h10-11,14-15,17,19,22,24H,5-9,12-13,16,26H2,1-4H3. The van der Waals surface area contributed by atoms with E-state index in [9.17, 15) is 0 Å². The monoisotopic (exact) mass is 426 g/mol. The summed E-state index contributed by atoms with van der Waals surface area (Å²) in [7, 11) is 6.09. The van der Waals surface area contributed by atoms with Gasteiger partial charge in [-0.15, -0.1) is 0 Å². The van der Waals surface area contributed by atoms with E-state index in [4.69, 9.17) is 20.2 Å². The van der Waals surface area contributed by atoms with Crippen molar-refractivity contribution in [3.05, 3.63) is 29.5 Å². The first-order valence-corrected chi connectivity index (χ1v) is 11.7. The number of methoxy groups -OCH3 is 1. The molecule has 6 nitrogen and oxygen atoms in total. The van der Waals surface area contributed by atoms with E-state index in [-0.39, 0.29) is 12.1 Å². The zero-order valence-corrected chi connectivity index (χ0v) is 19.5. The number of hydrogen-bond acceptors (Lipinski definition) is 6. The van der Waals surface area contributed by atoms with Crippen molar-refractivity contribution in [2.75, 3.05) is 39.2 Å². The summed E-state index contributed by atoms with van der Waals surface area (Å²) < 4.78 is 12.3. The Balaban J connectivity index is 1.65. The van der Waals surface area contributed by atoms with Gasteiger partial charge in [-0.2, -0.15) is 0 Å². The number of benzene rings is 1. The Labute approximate surface area is 187 Å². The maximum atomic E-state index is 6.58. The first kappa shape index (κ1) is 22.2. The van der Waals surface area contributed by atoms with Crippen molar-refractivity contribution < 1.29 is 9.47 Å². The predicted octanol–water partition coefficient (Wildman–Crippen LogP) is 3.48. The fraction of sp³-hybridized carbons (Fsp3) is 0.640. The minimum atomic E-state index is 0.110. The fourth-order valence-electron chi connectivity index (χ4n) is 4.83. The number of aliphatic imine (C=N–C) groups is 1. The van der Waals surface area contributed by atoms with E-state index in [1.807, 2.05) is 6.21 Å². The summed E-state index contributed by atoms with van der Waals surface area (Å²) in [5.41, 5.74) is 10.7. The molecule has 1 aromatic rings. The number of likely N-dealkylation sites (N-methyl/N-ethyl adjacent to an activating group) is 1. The molecule has 0 amide bonds. The second kappa shape index (κ2) is 9.61. The van der Waals surface area contributed by atoms with Crippen molar-refractivity contribution in [1.29, 1.82) is 0 Å². The van der Waals surface area contributed by atoms with Gasteiger partial charge in [0.15, 0.2) is 0 Å². The van der Waals surface area contributed by atoms with Crippen LogP contribution in [0.3, 0.4) is 0 Å². The minimum absolute atomic E-state index is 0.110. The number of likely N-dealkylation sites (tertiary alicyclic amines) is 1. The van der Waals surface area contributed by atoms with Crippen molar-refractivity contribution >= 4 is 17.5 Å². The average Bonchev–Trinajstić information content (AvgIpc) is 2.74. The number of fused-ring (bicyclic) bond motifs is 1. The molecule has 2 aliphatic heterocycles. The highest BCUT2D eigenvalue weighted by molar-refractivity contribution is 6.11. The van der Waals surface area contributed by atoms with Crippen LogP contribution < -0.4 is 15.4 Å². The van der Waals surface area contributed by atoms with Crippen molar-refractivity contribution in [1.82, 2.24) is 4.90 Å². The molecule has 3 aliphatic rings. The van der Waals surface area contributed by atoms with Gasteiger partial charge < -0.3 is 25.0 Å². The minimum Gasteiger partial charge on any atom is -0.489 e. The van der Waals surface area contributed by atoms with E-state index >= 15 is 0 Å². The summed E-state index contributed by atoms with van der Waals surface area (Å²) in [4.78, 5) is 9.59. The Morgan fingerprint density at radius 3 is 2.68 bits per heavy atom. The second-order valence-corrected chi connectivity index (χ2v) is 9.40. The predicted molar refractivity (Wildman–Crippen MR) is 128 cm³/mol. The number of rotatable bonds is 6. The van der Waals surface area contributed by atoms with Gasteiger partial charge in [-0.05, 0) is 64.6 Å². The molecule has 1 aliphatic carbocycles. The molecule has 0 bridgehead atoms. The topological polar surface area (TPSA) is 63.3 Å². The molecule has 1 aromatic carbocycles. The zero-order valence-electron chi connectivity index (χ0n) is 19.5. The number of ether oxygens (including phenoxy) is 2. The Hall–Kier alpha value is -2.05. The summed E-state index contributed by atoms with van der Waals surface area (Å²) in [5, 5.41) is 0. The van der Waals surface area contributed by atoms with Crippen LogP contribution in [0, 0.1) is 0 Å². The van der Waals surface area contributed by atoms with Gasteiger partial charge in [0.25, 0.3) is 0 Å². The molecule has 2 N–H and O–H groups in total. The number of nitrogens with two attached hydrogens (primary N) is 1. The van der Waals surface area contributed by atoms with Crippen LogP contribution in [0.15, 0.2) is 23.3 Å². The molecule has 170 valence electrons. The lowest BCUT2D eigenvalue weighted by molar-refractivity contribution is 0.0265. The average molecular weight is 427 g/mol. The normalized spacial score (nSPS) is 27.9. The van der Waals surface area contributed by atoms with E-state index < -0.39 is 0 Å². The van der Waals surface area contributed by atoms with Crippen molar-refractivity contribution in [2.24, 2.45) is 10.7 Å². The molecule has 4 rings (SSSR count). The SMILES string of the molecule is COC1CN(C)CCC1N=CC(=CN)c1ccc2c(c1OC1CCC1)CCC(C)N2C. The van der Waals surface area contributed by atoms with Gasteiger partial charge in [0.1, 0.15) is 5.75 Å². The smallest absolute Gasteiger partial charge is 0.132 e.